The maximum absolute atomic E-state index is 12.2. The Morgan fingerprint density at radius 3 is 2.33 bits per heavy atom. The lowest BCUT2D eigenvalue weighted by molar-refractivity contribution is -0.131. The molecule has 1 unspecified atom stereocenters. The van der Waals surface area contributed by atoms with E-state index in [0.717, 1.165) is 31.7 Å². The molecule has 0 radical (unpaired) electrons. The third-order valence-corrected chi connectivity index (χ3v) is 4.93. The zero-order chi connectivity index (χ0) is 14.0. The number of rotatable bonds is 3. The van der Waals surface area contributed by atoms with Crippen LogP contribution in [0.25, 0.3) is 0 Å². The van der Waals surface area contributed by atoms with Gasteiger partial charge in [0.05, 0.1) is 0 Å². The lowest BCUT2D eigenvalue weighted by Gasteiger charge is -2.32. The lowest BCUT2D eigenvalue weighted by atomic mass is 9.77. The van der Waals surface area contributed by atoms with Crippen molar-refractivity contribution >= 4 is 18.5 Å². The Hall–Kier alpha value is -0.180. The predicted molar refractivity (Wildman–Crippen MR) is 81.0 cm³/mol. The monoisotopic (exact) mass is 271 g/mol. The van der Waals surface area contributed by atoms with E-state index >= 15 is 0 Å². The van der Waals surface area contributed by atoms with E-state index < -0.39 is 0 Å². The minimum absolute atomic E-state index is 0.111. The smallest absolute Gasteiger partial charge is 0.222 e. The average Bonchev–Trinajstić information content (AvgIpc) is 2.41. The van der Waals surface area contributed by atoms with E-state index in [1.165, 1.54) is 0 Å². The van der Waals surface area contributed by atoms with Gasteiger partial charge in [0.25, 0.3) is 0 Å². The van der Waals surface area contributed by atoms with Gasteiger partial charge in [-0.3, -0.25) is 4.79 Å². The van der Waals surface area contributed by atoms with Crippen LogP contribution in [-0.2, 0) is 4.79 Å². The lowest BCUT2D eigenvalue weighted by Crippen LogP contribution is -2.39. The SMILES string of the molecule is CC(C)(CS)CN1CCC(C(C)(C)C)CCC1=O. The van der Waals surface area contributed by atoms with Gasteiger partial charge in [0, 0.05) is 19.5 Å². The molecule has 1 saturated heterocycles. The standard InChI is InChI=1S/C15H29NOS/c1-14(2,3)12-6-7-13(17)16(9-8-12)10-15(4,5)11-18/h12,18H,6-11H2,1-5H3. The molecule has 0 N–H and O–H groups in total. The maximum atomic E-state index is 12.2. The molecular weight excluding hydrogens is 242 g/mol. The zero-order valence-corrected chi connectivity index (χ0v) is 13.5. The second kappa shape index (κ2) is 5.85. The fourth-order valence-corrected chi connectivity index (χ4v) is 2.74. The van der Waals surface area contributed by atoms with Crippen LogP contribution in [-0.4, -0.2) is 29.6 Å². The highest BCUT2D eigenvalue weighted by atomic mass is 32.1. The van der Waals surface area contributed by atoms with E-state index in [-0.39, 0.29) is 5.41 Å². The summed E-state index contributed by atoms with van der Waals surface area (Å²) in [6.07, 6.45) is 2.89. The molecule has 1 fully saturated rings. The summed E-state index contributed by atoms with van der Waals surface area (Å²) in [4.78, 5) is 14.2. The number of hydrogen-bond donors (Lipinski definition) is 1. The summed E-state index contributed by atoms with van der Waals surface area (Å²) in [6.45, 7) is 13.0. The summed E-state index contributed by atoms with van der Waals surface area (Å²) in [5.41, 5.74) is 0.426. The Bertz CT molecular complexity index is 293. The van der Waals surface area contributed by atoms with Gasteiger partial charge in [0.15, 0.2) is 0 Å². The zero-order valence-electron chi connectivity index (χ0n) is 12.6. The van der Waals surface area contributed by atoms with Crippen molar-refractivity contribution in [2.45, 2.75) is 53.9 Å². The first-order valence-corrected chi connectivity index (χ1v) is 7.67. The molecule has 1 amide bonds. The minimum atomic E-state index is 0.111. The quantitative estimate of drug-likeness (QED) is 0.777. The van der Waals surface area contributed by atoms with Crippen molar-refractivity contribution in [1.82, 2.24) is 4.90 Å². The molecule has 3 heteroatoms. The number of hydrogen-bond acceptors (Lipinski definition) is 2. The predicted octanol–water partition coefficient (Wildman–Crippen LogP) is 3.62. The second-order valence-corrected chi connectivity index (χ2v) is 7.84. The molecular formula is C15H29NOS. The van der Waals surface area contributed by atoms with E-state index in [0.29, 0.717) is 23.7 Å². The van der Waals surface area contributed by atoms with E-state index in [2.05, 4.69) is 52.1 Å². The van der Waals surface area contributed by atoms with Crippen molar-refractivity contribution in [1.29, 1.82) is 0 Å². The molecule has 1 aliphatic rings. The van der Waals surface area contributed by atoms with Gasteiger partial charge in [0.2, 0.25) is 5.91 Å². The molecule has 1 atom stereocenters. The highest BCUT2D eigenvalue weighted by Gasteiger charge is 2.31. The van der Waals surface area contributed by atoms with Gasteiger partial charge in [-0.2, -0.15) is 12.6 Å². The van der Waals surface area contributed by atoms with Crippen LogP contribution in [0.5, 0.6) is 0 Å². The Morgan fingerprint density at radius 2 is 1.83 bits per heavy atom. The summed E-state index contributed by atoms with van der Waals surface area (Å²) in [6, 6.07) is 0. The van der Waals surface area contributed by atoms with Crippen LogP contribution in [0.2, 0.25) is 0 Å². The van der Waals surface area contributed by atoms with Crippen LogP contribution in [0, 0.1) is 16.7 Å². The first-order chi connectivity index (χ1) is 8.15. The van der Waals surface area contributed by atoms with Gasteiger partial charge in [-0.15, -0.1) is 0 Å². The third-order valence-electron chi connectivity index (χ3n) is 4.08. The molecule has 0 aromatic carbocycles. The van der Waals surface area contributed by atoms with Crippen LogP contribution in [0.3, 0.4) is 0 Å². The number of carbonyl (C=O) groups excluding carboxylic acids is 1. The van der Waals surface area contributed by atoms with Crippen molar-refractivity contribution < 1.29 is 4.79 Å². The van der Waals surface area contributed by atoms with Crippen LogP contribution in [0.4, 0.5) is 0 Å². The minimum Gasteiger partial charge on any atom is -0.342 e. The number of amides is 1. The van der Waals surface area contributed by atoms with Crippen molar-refractivity contribution in [2.75, 3.05) is 18.8 Å². The topological polar surface area (TPSA) is 20.3 Å². The van der Waals surface area contributed by atoms with Gasteiger partial charge >= 0.3 is 0 Å². The number of thiol groups is 1. The van der Waals surface area contributed by atoms with Gasteiger partial charge in [-0.05, 0) is 35.3 Å². The van der Waals surface area contributed by atoms with Crippen LogP contribution in [0.15, 0.2) is 0 Å². The van der Waals surface area contributed by atoms with Gasteiger partial charge in [-0.25, -0.2) is 0 Å². The van der Waals surface area contributed by atoms with Crippen molar-refractivity contribution in [2.24, 2.45) is 16.7 Å². The van der Waals surface area contributed by atoms with Gasteiger partial charge < -0.3 is 4.90 Å². The second-order valence-electron chi connectivity index (χ2n) is 7.53. The summed E-state index contributed by atoms with van der Waals surface area (Å²) in [7, 11) is 0. The molecule has 18 heavy (non-hydrogen) atoms. The molecule has 1 rings (SSSR count). The Morgan fingerprint density at radius 1 is 1.22 bits per heavy atom. The van der Waals surface area contributed by atoms with Crippen LogP contribution in [0.1, 0.15) is 53.9 Å². The van der Waals surface area contributed by atoms with Crippen LogP contribution >= 0.6 is 12.6 Å². The molecule has 1 heterocycles. The molecule has 0 saturated carbocycles. The van der Waals surface area contributed by atoms with Crippen LogP contribution < -0.4 is 0 Å². The molecule has 0 aromatic rings. The van der Waals surface area contributed by atoms with Crippen molar-refractivity contribution in [3.63, 3.8) is 0 Å². The van der Waals surface area contributed by atoms with Crippen molar-refractivity contribution in [3.05, 3.63) is 0 Å². The molecule has 2 nitrogen and oxygen atoms in total. The number of nitrogens with zero attached hydrogens (tertiary/aromatic N) is 1. The van der Waals surface area contributed by atoms with Gasteiger partial charge in [-0.1, -0.05) is 34.6 Å². The van der Waals surface area contributed by atoms with E-state index in [1.807, 2.05) is 0 Å². The normalized spacial score (nSPS) is 23.1. The average molecular weight is 271 g/mol. The fraction of sp³-hybridized carbons (Fsp3) is 0.933. The molecule has 1 aliphatic heterocycles. The van der Waals surface area contributed by atoms with E-state index in [4.69, 9.17) is 0 Å². The molecule has 0 spiro atoms. The summed E-state index contributed by atoms with van der Waals surface area (Å²) in [5.74, 6) is 1.81. The Balaban J connectivity index is 2.65. The van der Waals surface area contributed by atoms with Crippen molar-refractivity contribution in [3.8, 4) is 0 Å². The Kier molecular flexibility index (Phi) is 5.16. The highest BCUT2D eigenvalue weighted by Crippen LogP contribution is 2.35. The first kappa shape index (κ1) is 15.9. The largest absolute Gasteiger partial charge is 0.342 e. The summed E-state index contributed by atoms with van der Waals surface area (Å²) in [5, 5.41) is 0. The molecule has 0 aliphatic carbocycles. The molecule has 0 bridgehead atoms. The number of likely N-dealkylation sites (tertiary alicyclic amines) is 1. The number of carbonyl (C=O) groups is 1. The molecule has 0 aromatic heterocycles. The fourth-order valence-electron chi connectivity index (χ4n) is 2.64. The highest BCUT2D eigenvalue weighted by molar-refractivity contribution is 7.80. The first-order valence-electron chi connectivity index (χ1n) is 7.04. The van der Waals surface area contributed by atoms with E-state index in [1.54, 1.807) is 0 Å². The van der Waals surface area contributed by atoms with E-state index in [9.17, 15) is 4.79 Å². The third kappa shape index (κ3) is 4.49. The van der Waals surface area contributed by atoms with Gasteiger partial charge in [0.1, 0.15) is 0 Å². The molecule has 106 valence electrons. The maximum Gasteiger partial charge on any atom is 0.222 e. The summed E-state index contributed by atoms with van der Waals surface area (Å²) < 4.78 is 0. The summed E-state index contributed by atoms with van der Waals surface area (Å²) >= 11 is 4.38. The Labute approximate surface area is 118 Å².